The summed E-state index contributed by atoms with van der Waals surface area (Å²) in [6.07, 6.45) is 26.2. The number of carboxylic acids is 1. The van der Waals surface area contributed by atoms with Gasteiger partial charge in [-0.3, -0.25) is 23.4 Å². The van der Waals surface area contributed by atoms with E-state index in [0.29, 0.717) is 38.5 Å². The molecule has 1 aliphatic rings. The van der Waals surface area contributed by atoms with Crippen molar-refractivity contribution in [3.05, 3.63) is 12.2 Å². The number of nitrogens with two attached hydrogens (primary N) is 1. The number of phosphoric ester groups is 1. The molecule has 1 fully saturated rings. The van der Waals surface area contributed by atoms with Gasteiger partial charge in [0, 0.05) is 25.2 Å². The molecule has 0 aromatic rings. The number of aliphatic hydroxyl groups is 3. The van der Waals surface area contributed by atoms with Gasteiger partial charge < -0.3 is 40.5 Å². The van der Waals surface area contributed by atoms with Crippen molar-refractivity contribution in [2.45, 2.75) is 218 Å². The number of ether oxygens (including phenoxy) is 2. The fourth-order valence-corrected chi connectivity index (χ4v) is 8.23. The van der Waals surface area contributed by atoms with Crippen LogP contribution < -0.4 is 5.73 Å². The normalized spacial score (nSPS) is 20.7. The number of carboxylic acid groups (broad SMARTS) is 1. The molecule has 8 atom stereocenters. The number of aliphatic carboxylic acids is 1. The number of phosphoric acid groups is 1. The molecule has 0 radical (unpaired) electrons. The minimum absolute atomic E-state index is 0.0381. The lowest BCUT2D eigenvalue weighted by molar-refractivity contribution is -0.161. The van der Waals surface area contributed by atoms with Gasteiger partial charge in [0.2, 0.25) is 0 Å². The van der Waals surface area contributed by atoms with E-state index >= 15 is 0 Å². The number of aliphatic hydroxyl groups excluding tert-OH is 3. The molecule has 0 amide bonds. The van der Waals surface area contributed by atoms with Crippen molar-refractivity contribution >= 4 is 25.7 Å². The van der Waals surface area contributed by atoms with Crippen molar-refractivity contribution in [2.75, 3.05) is 19.8 Å². The maximum absolute atomic E-state index is 12.8. The number of carbonyl (C=O) groups is 3. The van der Waals surface area contributed by atoms with E-state index in [1.54, 1.807) is 6.08 Å². The number of rotatable bonds is 39. The van der Waals surface area contributed by atoms with E-state index in [4.69, 9.17) is 24.8 Å². The summed E-state index contributed by atoms with van der Waals surface area (Å²) in [4.78, 5) is 46.2. The number of carbonyl (C=O) groups excluding carboxylic acids is 2. The molecule has 7 N–H and O–H groups in total. The highest BCUT2D eigenvalue weighted by molar-refractivity contribution is 7.47. The van der Waals surface area contributed by atoms with Crippen LogP contribution in [-0.4, -0.2) is 93.5 Å². The van der Waals surface area contributed by atoms with Crippen LogP contribution in [0, 0.1) is 11.8 Å². The summed E-state index contributed by atoms with van der Waals surface area (Å²) < 4.78 is 32.8. The van der Waals surface area contributed by atoms with Gasteiger partial charge in [-0.25, -0.2) is 4.57 Å². The fourth-order valence-electron chi connectivity index (χ4n) is 7.46. The van der Waals surface area contributed by atoms with Crippen LogP contribution in [-0.2, 0) is 37.5 Å². The molecular weight excluding hydrogens is 781 g/mol. The first-order valence-electron chi connectivity index (χ1n) is 23.0. The van der Waals surface area contributed by atoms with Crippen LogP contribution in [0.4, 0.5) is 0 Å². The number of hydrogen-bond donors (Lipinski definition) is 6. The van der Waals surface area contributed by atoms with Gasteiger partial charge in [-0.2, -0.15) is 0 Å². The molecule has 15 heteroatoms. The van der Waals surface area contributed by atoms with E-state index in [1.165, 1.54) is 70.6 Å². The Kier molecular flexibility index (Phi) is 32.4. The van der Waals surface area contributed by atoms with E-state index in [1.807, 2.05) is 6.08 Å². The molecule has 346 valence electrons. The molecule has 0 aliphatic heterocycles. The molecule has 0 bridgehead atoms. The Hall–Kier alpha value is -1.90. The second kappa shape index (κ2) is 34.7. The minimum atomic E-state index is -4.77. The van der Waals surface area contributed by atoms with Crippen molar-refractivity contribution < 1.29 is 62.8 Å². The van der Waals surface area contributed by atoms with Crippen LogP contribution in [0.5, 0.6) is 0 Å². The summed E-state index contributed by atoms with van der Waals surface area (Å²) in [6, 6.07) is -1.56. The largest absolute Gasteiger partial charge is 0.480 e. The molecule has 0 aromatic heterocycles. The Morgan fingerprint density at radius 3 is 1.75 bits per heavy atom. The van der Waals surface area contributed by atoms with Crippen molar-refractivity contribution in [1.29, 1.82) is 0 Å². The van der Waals surface area contributed by atoms with Crippen LogP contribution in [0.2, 0.25) is 0 Å². The molecule has 1 unspecified atom stereocenters. The smallest absolute Gasteiger partial charge is 0.472 e. The second-order valence-corrected chi connectivity index (χ2v) is 18.0. The zero-order chi connectivity index (χ0) is 43.7. The highest BCUT2D eigenvalue weighted by Gasteiger charge is 2.39. The van der Waals surface area contributed by atoms with Gasteiger partial charge in [0.15, 0.2) is 6.10 Å². The van der Waals surface area contributed by atoms with Gasteiger partial charge in [0.1, 0.15) is 12.6 Å². The SMILES string of the molecule is CCCCCCCCCCCCCCCCCC(=O)OC[C@H](COP(=O)(O)OC[C@H](N)C(=O)O)OC(=O)CCCCCC[C@@H]1[C@@H](/C=C/[C@@H](O)CCCCC)[C@H](O)C[C@@H]1O. The molecule has 0 saturated heterocycles. The zero-order valence-electron chi connectivity index (χ0n) is 36.4. The molecule has 0 heterocycles. The number of hydrogen-bond acceptors (Lipinski definition) is 12. The molecular formula is C44H82NO13P. The monoisotopic (exact) mass is 864 g/mol. The Balaban J connectivity index is 2.45. The first-order valence-corrected chi connectivity index (χ1v) is 24.5. The van der Waals surface area contributed by atoms with Crippen LogP contribution in [0.3, 0.4) is 0 Å². The third-order valence-corrected chi connectivity index (χ3v) is 12.1. The maximum Gasteiger partial charge on any atom is 0.472 e. The van der Waals surface area contributed by atoms with Gasteiger partial charge in [-0.05, 0) is 31.6 Å². The van der Waals surface area contributed by atoms with Crippen LogP contribution in [0.25, 0.3) is 0 Å². The summed E-state index contributed by atoms with van der Waals surface area (Å²) >= 11 is 0. The lowest BCUT2D eigenvalue weighted by Crippen LogP contribution is -2.34. The molecule has 1 aliphatic carbocycles. The minimum Gasteiger partial charge on any atom is -0.480 e. The van der Waals surface area contributed by atoms with E-state index in [9.17, 15) is 39.2 Å². The Labute approximate surface area is 355 Å². The quantitative estimate of drug-likeness (QED) is 0.0147. The van der Waals surface area contributed by atoms with Crippen molar-refractivity contribution in [2.24, 2.45) is 17.6 Å². The molecule has 0 spiro atoms. The van der Waals surface area contributed by atoms with E-state index < -0.39 is 76.0 Å². The third kappa shape index (κ3) is 29.1. The average Bonchev–Trinajstić information content (AvgIpc) is 3.47. The van der Waals surface area contributed by atoms with Crippen molar-refractivity contribution in [3.8, 4) is 0 Å². The zero-order valence-corrected chi connectivity index (χ0v) is 37.3. The van der Waals surface area contributed by atoms with E-state index in [2.05, 4.69) is 18.4 Å². The highest BCUT2D eigenvalue weighted by Crippen LogP contribution is 2.43. The van der Waals surface area contributed by atoms with Gasteiger partial charge in [0.25, 0.3) is 0 Å². The first-order chi connectivity index (χ1) is 28.3. The summed E-state index contributed by atoms with van der Waals surface area (Å²) in [7, 11) is -4.77. The maximum atomic E-state index is 12.8. The Bertz CT molecular complexity index is 1170. The second-order valence-electron chi connectivity index (χ2n) is 16.5. The lowest BCUT2D eigenvalue weighted by Gasteiger charge is -2.21. The number of esters is 2. The van der Waals surface area contributed by atoms with E-state index in [-0.39, 0.29) is 24.7 Å². The molecule has 1 saturated carbocycles. The predicted molar refractivity (Wildman–Crippen MR) is 228 cm³/mol. The first kappa shape index (κ1) is 55.1. The number of unbranched alkanes of at least 4 members (excludes halogenated alkanes) is 19. The van der Waals surface area contributed by atoms with Gasteiger partial charge in [-0.15, -0.1) is 0 Å². The highest BCUT2D eigenvalue weighted by atomic mass is 31.2. The Morgan fingerprint density at radius 1 is 0.695 bits per heavy atom. The van der Waals surface area contributed by atoms with Crippen molar-refractivity contribution in [1.82, 2.24) is 0 Å². The molecule has 59 heavy (non-hydrogen) atoms. The Morgan fingerprint density at radius 2 is 1.19 bits per heavy atom. The standard InChI is InChI=1S/C44H82NO13P/c1-3-5-7-8-9-10-11-12-13-14-15-16-17-18-23-27-42(49)55-32-36(33-56-59(53,54)57-34-39(45)44(51)52)58-43(50)28-24-20-19-22-26-37-38(41(48)31-40(37)47)30-29-35(46)25-21-6-4-2/h29-30,35-41,46-48H,3-28,31-34,45H2,1-2H3,(H,51,52)(H,53,54)/b30-29+/t35-,36+,37+,38+,39-,40-,41+/m0/s1. The molecule has 14 nitrogen and oxygen atoms in total. The molecule has 0 aromatic carbocycles. The summed E-state index contributed by atoms with van der Waals surface area (Å²) in [5, 5.41) is 40.3. The van der Waals surface area contributed by atoms with Crippen molar-refractivity contribution in [3.63, 3.8) is 0 Å². The lowest BCUT2D eigenvalue weighted by atomic mass is 9.88. The van der Waals surface area contributed by atoms with Gasteiger partial charge in [0.05, 0.1) is 31.5 Å². The predicted octanol–water partition coefficient (Wildman–Crippen LogP) is 8.44. The molecule has 1 rings (SSSR count). The van der Waals surface area contributed by atoms with Crippen LogP contribution in [0.15, 0.2) is 12.2 Å². The van der Waals surface area contributed by atoms with Gasteiger partial charge in [-0.1, -0.05) is 154 Å². The summed E-state index contributed by atoms with van der Waals surface area (Å²) in [5.41, 5.74) is 5.34. The third-order valence-electron chi connectivity index (χ3n) is 11.1. The topological polar surface area (TPSA) is 232 Å². The summed E-state index contributed by atoms with van der Waals surface area (Å²) in [5.74, 6) is -2.89. The fraction of sp³-hybridized carbons (Fsp3) is 0.886. The van der Waals surface area contributed by atoms with E-state index in [0.717, 1.165) is 51.4 Å². The van der Waals surface area contributed by atoms with Crippen LogP contribution in [0.1, 0.15) is 187 Å². The summed E-state index contributed by atoms with van der Waals surface area (Å²) in [6.45, 7) is 2.51. The average molecular weight is 864 g/mol. The van der Waals surface area contributed by atoms with Crippen LogP contribution >= 0.6 is 7.82 Å². The van der Waals surface area contributed by atoms with Gasteiger partial charge >= 0.3 is 25.7 Å².